The number of hydrogen-bond donors (Lipinski definition) is 4. The number of benzene rings is 4. The summed E-state index contributed by atoms with van der Waals surface area (Å²) in [5.41, 5.74) is 10.2. The van der Waals surface area contributed by atoms with Crippen molar-refractivity contribution in [3.05, 3.63) is 105 Å². The fraction of sp³-hybridized carbons (Fsp3) is 0.391. The van der Waals surface area contributed by atoms with Gasteiger partial charge in [0, 0.05) is 11.1 Å². The number of hydrogen-bond acceptors (Lipinski definition) is 10. The number of aryl methyl sites for hydroxylation is 6. The van der Waals surface area contributed by atoms with Gasteiger partial charge in [-0.05, 0) is 135 Å². The predicted octanol–water partition coefficient (Wildman–Crippen LogP) is 8.70. The number of carbonyl (C=O) groups excluding carboxylic acids is 2. The van der Waals surface area contributed by atoms with E-state index >= 15 is 0 Å². The molecule has 0 radical (unpaired) electrons. The van der Waals surface area contributed by atoms with Gasteiger partial charge in [0.1, 0.15) is 0 Å². The first kappa shape index (κ1) is 50.0. The van der Waals surface area contributed by atoms with Gasteiger partial charge in [0.15, 0.2) is 23.0 Å². The topological polar surface area (TPSA) is 186 Å². The van der Waals surface area contributed by atoms with Crippen LogP contribution in [0.1, 0.15) is 134 Å². The van der Waals surface area contributed by atoms with Crippen molar-refractivity contribution in [2.45, 2.75) is 120 Å². The number of carbonyl (C=O) groups is 2. The minimum absolute atomic E-state index is 0. The third-order valence-corrected chi connectivity index (χ3v) is 9.44. The molecule has 0 aromatic heterocycles. The molecule has 4 aromatic carbocycles. The molecule has 0 atom stereocenters. The standard InChI is InChI=1S/C30H44N2.2C8H8O4.Pd/c1-7-13-15-29(31-27-19-17-23(9-3)25(11-5)21-27)30(16-14-8-2)32-28-20-18-24(10-4)26(12-6)22-28;2*1-4-2-3-5(9)7(10)6(4)8(11)12;/h17-22H,7-16H2,1-6H3;2*2-3,9-10H,1H3,(H,11,12);/q;;;+2/p-2. The summed E-state index contributed by atoms with van der Waals surface area (Å²) in [7, 11) is 0. The Balaban J connectivity index is 0.000000528. The number of aliphatic imine (C=N–C) groups is 2. The molecule has 0 saturated carbocycles. The summed E-state index contributed by atoms with van der Waals surface area (Å²) >= 11 is 0. The summed E-state index contributed by atoms with van der Waals surface area (Å²) in [5.74, 6) is -5.20. The largest absolute Gasteiger partial charge is 2.00 e. The molecule has 10 nitrogen and oxygen atoms in total. The van der Waals surface area contributed by atoms with Gasteiger partial charge >= 0.3 is 20.4 Å². The number of nitrogens with zero attached hydrogens (tertiary/aromatic N) is 2. The van der Waals surface area contributed by atoms with Crippen LogP contribution in [-0.2, 0) is 46.1 Å². The van der Waals surface area contributed by atoms with Crippen molar-refractivity contribution in [1.82, 2.24) is 0 Å². The molecule has 0 bridgehead atoms. The first-order chi connectivity index (χ1) is 26.7. The van der Waals surface area contributed by atoms with Gasteiger partial charge < -0.3 is 40.2 Å². The fourth-order valence-electron chi connectivity index (χ4n) is 6.12. The number of carboxylic acids is 2. The number of phenolic OH excluding ortho intramolecular Hbond substituents is 2. The van der Waals surface area contributed by atoms with Crippen LogP contribution < -0.4 is 10.2 Å². The van der Waals surface area contributed by atoms with Crippen LogP contribution in [0, 0.1) is 13.8 Å². The van der Waals surface area contributed by atoms with Crippen molar-refractivity contribution in [3.8, 4) is 23.0 Å². The van der Waals surface area contributed by atoms with Gasteiger partial charge in [0.2, 0.25) is 0 Å². The summed E-state index contributed by atoms with van der Waals surface area (Å²) in [5, 5.41) is 56.8. The van der Waals surface area contributed by atoms with Gasteiger partial charge in [-0.3, -0.25) is 9.98 Å². The maximum absolute atomic E-state index is 10.4. The van der Waals surface area contributed by atoms with E-state index in [2.05, 4.69) is 77.9 Å². The quantitative estimate of drug-likeness (QED) is 0.0519. The van der Waals surface area contributed by atoms with Gasteiger partial charge in [-0.25, -0.2) is 0 Å². The van der Waals surface area contributed by atoms with Crippen LogP contribution in [0.2, 0.25) is 0 Å². The summed E-state index contributed by atoms with van der Waals surface area (Å²) in [6.45, 7) is 16.4. The van der Waals surface area contributed by atoms with Gasteiger partial charge in [0.05, 0.1) is 34.7 Å². The molecule has 0 heterocycles. The number of carboxylic acid groups (broad SMARTS) is 2. The maximum atomic E-state index is 10.4. The van der Waals surface area contributed by atoms with Crippen LogP contribution in [0.3, 0.4) is 0 Å². The summed E-state index contributed by atoms with van der Waals surface area (Å²) in [4.78, 5) is 31.2. The van der Waals surface area contributed by atoms with Gasteiger partial charge in [0.25, 0.3) is 0 Å². The Morgan fingerprint density at radius 2 is 0.860 bits per heavy atom. The minimum atomic E-state index is -1.50. The molecular weight excluding hydrogens is 815 g/mol. The third-order valence-electron chi connectivity index (χ3n) is 9.44. The van der Waals surface area contributed by atoms with Crippen molar-refractivity contribution < 1.29 is 60.7 Å². The van der Waals surface area contributed by atoms with E-state index in [1.807, 2.05) is 0 Å². The zero-order valence-corrected chi connectivity index (χ0v) is 36.0. The molecule has 0 amide bonds. The molecule has 4 N–H and O–H groups in total. The molecular formula is C46H58N2O8Pd. The molecule has 4 rings (SSSR count). The Morgan fingerprint density at radius 3 is 1.12 bits per heavy atom. The molecule has 0 spiro atoms. The van der Waals surface area contributed by atoms with E-state index in [0.717, 1.165) is 62.7 Å². The number of unbranched alkanes of at least 4 members (excludes halogenated alkanes) is 2. The van der Waals surface area contributed by atoms with Crippen LogP contribution in [0.25, 0.3) is 0 Å². The Hall–Kier alpha value is -4.98. The van der Waals surface area contributed by atoms with E-state index in [0.29, 0.717) is 11.1 Å². The first-order valence-electron chi connectivity index (χ1n) is 19.5. The number of rotatable bonds is 15. The molecule has 57 heavy (non-hydrogen) atoms. The molecule has 0 saturated heterocycles. The first-order valence-corrected chi connectivity index (χ1v) is 19.5. The van der Waals surface area contributed by atoms with Crippen LogP contribution in [0.5, 0.6) is 23.0 Å². The second-order valence-electron chi connectivity index (χ2n) is 13.5. The average Bonchev–Trinajstić information content (AvgIpc) is 3.18. The van der Waals surface area contributed by atoms with E-state index in [-0.39, 0.29) is 31.5 Å². The molecule has 310 valence electrons. The smallest absolute Gasteiger partial charge is 0.545 e. The van der Waals surface area contributed by atoms with Gasteiger partial charge in [-0.15, -0.1) is 0 Å². The summed E-state index contributed by atoms with van der Waals surface area (Å²) in [6.07, 6.45) is 10.9. The van der Waals surface area contributed by atoms with E-state index in [4.69, 9.17) is 30.4 Å². The van der Waals surface area contributed by atoms with Crippen molar-refractivity contribution in [1.29, 1.82) is 0 Å². The van der Waals surface area contributed by atoms with Crippen LogP contribution in [-0.4, -0.2) is 43.8 Å². The van der Waals surface area contributed by atoms with Crippen molar-refractivity contribution in [2.75, 3.05) is 0 Å². The third kappa shape index (κ3) is 14.8. The number of phenols is 4. The van der Waals surface area contributed by atoms with Crippen LogP contribution in [0.4, 0.5) is 11.4 Å². The predicted molar refractivity (Wildman–Crippen MR) is 221 cm³/mol. The van der Waals surface area contributed by atoms with Crippen molar-refractivity contribution >= 4 is 34.7 Å². The van der Waals surface area contributed by atoms with E-state index in [1.54, 1.807) is 0 Å². The monoisotopic (exact) mass is 872 g/mol. The molecule has 0 aliphatic heterocycles. The van der Waals surface area contributed by atoms with Crippen LogP contribution in [0.15, 0.2) is 70.6 Å². The van der Waals surface area contributed by atoms with E-state index in [9.17, 15) is 19.8 Å². The van der Waals surface area contributed by atoms with E-state index in [1.165, 1.54) is 84.6 Å². The average molecular weight is 873 g/mol. The molecule has 11 heteroatoms. The minimum Gasteiger partial charge on any atom is -0.545 e. The Labute approximate surface area is 351 Å². The zero-order chi connectivity index (χ0) is 41.9. The zero-order valence-electron chi connectivity index (χ0n) is 34.5. The fourth-order valence-corrected chi connectivity index (χ4v) is 6.12. The van der Waals surface area contributed by atoms with Gasteiger partial charge in [-0.1, -0.05) is 78.6 Å². The molecule has 0 fully saturated rings. The summed E-state index contributed by atoms with van der Waals surface area (Å²) < 4.78 is 0. The molecule has 4 aromatic rings. The normalized spacial score (nSPS) is 11.1. The second kappa shape index (κ2) is 25.3. The maximum Gasteiger partial charge on any atom is 2.00 e. The SMILES string of the molecule is CCCCC(=Nc1ccc(CC)c(CC)c1)C(CCCC)=Nc1ccc(CC)c(CC)c1.Cc1ccc(O)c(O)c1C(=O)[O-].Cc1ccc(O)c(O)c1C(=O)[O-].[Pd+2]. The van der Waals surface area contributed by atoms with Crippen molar-refractivity contribution in [3.63, 3.8) is 0 Å². The second-order valence-corrected chi connectivity index (χ2v) is 13.5. The number of aromatic hydroxyl groups is 4. The molecule has 0 aliphatic carbocycles. The number of aromatic carboxylic acids is 2. The Kier molecular flexibility index (Phi) is 22.2. The summed E-state index contributed by atoms with van der Waals surface area (Å²) in [6, 6.07) is 18.7. The molecule has 0 unspecified atom stereocenters. The Bertz CT molecular complexity index is 1860. The van der Waals surface area contributed by atoms with Gasteiger partial charge in [-0.2, -0.15) is 0 Å². The Morgan fingerprint density at radius 1 is 0.526 bits per heavy atom. The van der Waals surface area contributed by atoms with E-state index < -0.39 is 34.9 Å². The van der Waals surface area contributed by atoms with Crippen LogP contribution >= 0.6 is 0 Å². The van der Waals surface area contributed by atoms with Crippen molar-refractivity contribution in [2.24, 2.45) is 9.98 Å². The molecule has 0 aliphatic rings.